The molecule has 0 aliphatic heterocycles. The number of halogens is 1. The maximum absolute atomic E-state index is 13.2. The molecule has 0 heterocycles. The summed E-state index contributed by atoms with van der Waals surface area (Å²) in [7, 11) is -0.955. The van der Waals surface area contributed by atoms with Crippen molar-refractivity contribution in [2.24, 2.45) is 5.92 Å². The topological polar surface area (TPSA) is 40.9 Å². The Labute approximate surface area is 109 Å². The van der Waals surface area contributed by atoms with Gasteiger partial charge in [0, 0.05) is 22.3 Å². The summed E-state index contributed by atoms with van der Waals surface area (Å²) in [5.74, 6) is 1.19. The van der Waals surface area contributed by atoms with Crippen LogP contribution < -0.4 is 0 Å². The van der Waals surface area contributed by atoms with Gasteiger partial charge in [-0.2, -0.15) is 5.26 Å². The Bertz CT molecular complexity index is 489. The molecular formula is C14H16FNOS. The van der Waals surface area contributed by atoms with Crippen molar-refractivity contribution >= 4 is 10.8 Å². The van der Waals surface area contributed by atoms with Crippen molar-refractivity contribution in [1.82, 2.24) is 0 Å². The quantitative estimate of drug-likeness (QED) is 0.839. The molecule has 96 valence electrons. The second-order valence-corrected chi connectivity index (χ2v) is 6.36. The third-order valence-corrected chi connectivity index (χ3v) is 4.81. The lowest BCUT2D eigenvalue weighted by molar-refractivity contribution is 0.604. The van der Waals surface area contributed by atoms with E-state index in [0.29, 0.717) is 28.6 Å². The molecule has 1 aromatic carbocycles. The fourth-order valence-electron chi connectivity index (χ4n) is 2.48. The molecule has 1 saturated carbocycles. The van der Waals surface area contributed by atoms with Gasteiger partial charge in [0.05, 0.1) is 11.6 Å². The largest absolute Gasteiger partial charge is 0.259 e. The van der Waals surface area contributed by atoms with E-state index in [1.54, 1.807) is 6.07 Å². The van der Waals surface area contributed by atoms with E-state index in [1.165, 1.54) is 37.8 Å². The minimum atomic E-state index is -0.955. The van der Waals surface area contributed by atoms with Crippen LogP contribution in [0.4, 0.5) is 4.39 Å². The van der Waals surface area contributed by atoms with Crippen molar-refractivity contribution in [3.8, 4) is 6.07 Å². The van der Waals surface area contributed by atoms with E-state index >= 15 is 0 Å². The van der Waals surface area contributed by atoms with Crippen molar-refractivity contribution in [3.63, 3.8) is 0 Å². The zero-order valence-electron chi connectivity index (χ0n) is 10.2. The number of nitriles is 1. The van der Waals surface area contributed by atoms with Gasteiger partial charge in [-0.3, -0.25) is 4.21 Å². The van der Waals surface area contributed by atoms with Crippen LogP contribution in [0.25, 0.3) is 0 Å². The van der Waals surface area contributed by atoms with Gasteiger partial charge in [0.1, 0.15) is 5.82 Å². The highest BCUT2D eigenvalue weighted by Crippen LogP contribution is 2.26. The van der Waals surface area contributed by atoms with E-state index in [2.05, 4.69) is 0 Å². The molecule has 0 spiro atoms. The van der Waals surface area contributed by atoms with Crippen LogP contribution in [0, 0.1) is 23.1 Å². The first kappa shape index (κ1) is 13.2. The van der Waals surface area contributed by atoms with Gasteiger partial charge in [0.2, 0.25) is 0 Å². The third kappa shape index (κ3) is 3.64. The van der Waals surface area contributed by atoms with E-state index in [9.17, 15) is 8.60 Å². The van der Waals surface area contributed by atoms with Crippen LogP contribution in [-0.4, -0.2) is 9.96 Å². The average molecular weight is 265 g/mol. The summed E-state index contributed by atoms with van der Waals surface area (Å²) in [5.41, 5.74) is 0.950. The number of rotatable bonds is 4. The average Bonchev–Trinajstić information content (AvgIpc) is 2.80. The predicted octanol–water partition coefficient (Wildman–Crippen LogP) is 3.14. The highest BCUT2D eigenvalue weighted by atomic mass is 32.2. The summed E-state index contributed by atoms with van der Waals surface area (Å²) in [6.07, 6.45) is 4.80. The van der Waals surface area contributed by atoms with Gasteiger partial charge in [0.25, 0.3) is 0 Å². The predicted molar refractivity (Wildman–Crippen MR) is 69.8 cm³/mol. The minimum absolute atomic E-state index is 0.294. The van der Waals surface area contributed by atoms with Crippen LogP contribution in [0.2, 0.25) is 0 Å². The Morgan fingerprint density at radius 3 is 2.72 bits per heavy atom. The van der Waals surface area contributed by atoms with Crippen LogP contribution >= 0.6 is 0 Å². The fourth-order valence-corrected chi connectivity index (χ4v) is 4.00. The summed E-state index contributed by atoms with van der Waals surface area (Å²) in [4.78, 5) is 0. The zero-order valence-corrected chi connectivity index (χ0v) is 11.0. The highest BCUT2D eigenvalue weighted by Gasteiger charge is 2.18. The Morgan fingerprint density at radius 2 is 2.06 bits per heavy atom. The first-order valence-corrected chi connectivity index (χ1v) is 7.70. The molecule has 0 aromatic heterocycles. The lowest BCUT2D eigenvalue weighted by atomic mass is 10.1. The molecule has 4 heteroatoms. The van der Waals surface area contributed by atoms with E-state index in [-0.39, 0.29) is 0 Å². The zero-order chi connectivity index (χ0) is 13.0. The number of benzene rings is 1. The molecule has 2 rings (SSSR count). The maximum Gasteiger partial charge on any atom is 0.124 e. The number of hydrogen-bond acceptors (Lipinski definition) is 2. The Hall–Kier alpha value is -1.21. The van der Waals surface area contributed by atoms with Crippen LogP contribution in [-0.2, 0) is 16.6 Å². The van der Waals surface area contributed by atoms with Gasteiger partial charge < -0.3 is 0 Å². The summed E-state index contributed by atoms with van der Waals surface area (Å²) >= 11 is 0. The Kier molecular flexibility index (Phi) is 4.48. The monoisotopic (exact) mass is 265 g/mol. The van der Waals surface area contributed by atoms with Crippen molar-refractivity contribution < 1.29 is 8.60 Å². The van der Waals surface area contributed by atoms with E-state index in [0.717, 1.165) is 0 Å². The number of hydrogen-bond donors (Lipinski definition) is 0. The van der Waals surface area contributed by atoms with Crippen molar-refractivity contribution in [3.05, 3.63) is 35.1 Å². The van der Waals surface area contributed by atoms with Crippen molar-refractivity contribution in [2.45, 2.75) is 31.4 Å². The van der Waals surface area contributed by atoms with Gasteiger partial charge in [-0.05, 0) is 42.5 Å². The van der Waals surface area contributed by atoms with Crippen LogP contribution in [0.1, 0.15) is 36.8 Å². The van der Waals surface area contributed by atoms with Gasteiger partial charge in [0.15, 0.2) is 0 Å². The molecule has 1 aromatic rings. The molecule has 0 N–H and O–H groups in total. The van der Waals surface area contributed by atoms with E-state index < -0.39 is 16.6 Å². The molecule has 0 radical (unpaired) electrons. The fraction of sp³-hybridized carbons (Fsp3) is 0.500. The SMILES string of the molecule is N#Cc1cc(F)cc(CS(=O)CC2CCCC2)c1. The lowest BCUT2D eigenvalue weighted by Gasteiger charge is -2.08. The van der Waals surface area contributed by atoms with Gasteiger partial charge in [-0.15, -0.1) is 0 Å². The molecule has 1 unspecified atom stereocenters. The summed E-state index contributed by atoms with van der Waals surface area (Å²) < 4.78 is 25.2. The molecule has 0 saturated heterocycles. The molecule has 1 aliphatic carbocycles. The summed E-state index contributed by atoms with van der Waals surface area (Å²) in [6, 6.07) is 6.10. The third-order valence-electron chi connectivity index (χ3n) is 3.31. The Morgan fingerprint density at radius 1 is 1.33 bits per heavy atom. The minimum Gasteiger partial charge on any atom is -0.259 e. The molecule has 1 fully saturated rings. The van der Waals surface area contributed by atoms with Crippen LogP contribution in [0.3, 0.4) is 0 Å². The number of nitrogens with zero attached hydrogens (tertiary/aromatic N) is 1. The molecule has 18 heavy (non-hydrogen) atoms. The maximum atomic E-state index is 13.2. The summed E-state index contributed by atoms with van der Waals surface area (Å²) in [6.45, 7) is 0. The molecular weight excluding hydrogens is 249 g/mol. The molecule has 0 amide bonds. The highest BCUT2D eigenvalue weighted by molar-refractivity contribution is 7.84. The normalized spacial score (nSPS) is 17.6. The second-order valence-electron chi connectivity index (χ2n) is 4.86. The van der Waals surface area contributed by atoms with Gasteiger partial charge in [-0.25, -0.2) is 4.39 Å². The molecule has 1 aliphatic rings. The first-order valence-electron chi connectivity index (χ1n) is 6.22. The standard InChI is InChI=1S/C14H16FNOS/c15-14-6-12(8-16)5-13(7-14)10-18(17)9-11-3-1-2-4-11/h5-7,11H,1-4,9-10H2. The summed E-state index contributed by atoms with van der Waals surface area (Å²) in [5, 5.41) is 8.76. The van der Waals surface area contributed by atoms with E-state index in [1.807, 2.05) is 6.07 Å². The Balaban J connectivity index is 1.98. The van der Waals surface area contributed by atoms with Crippen LogP contribution in [0.15, 0.2) is 18.2 Å². The van der Waals surface area contributed by atoms with Crippen molar-refractivity contribution in [2.75, 3.05) is 5.75 Å². The molecule has 1 atom stereocenters. The smallest absolute Gasteiger partial charge is 0.124 e. The van der Waals surface area contributed by atoms with Gasteiger partial charge in [-0.1, -0.05) is 12.8 Å². The van der Waals surface area contributed by atoms with E-state index in [4.69, 9.17) is 5.26 Å². The molecule has 2 nitrogen and oxygen atoms in total. The van der Waals surface area contributed by atoms with Crippen molar-refractivity contribution in [1.29, 1.82) is 5.26 Å². The van der Waals surface area contributed by atoms with Gasteiger partial charge >= 0.3 is 0 Å². The first-order chi connectivity index (χ1) is 8.67. The molecule has 0 bridgehead atoms. The van der Waals surface area contributed by atoms with Crippen LogP contribution in [0.5, 0.6) is 0 Å². The lowest BCUT2D eigenvalue weighted by Crippen LogP contribution is -2.09. The second kappa shape index (κ2) is 6.10.